The second-order valence-corrected chi connectivity index (χ2v) is 8.57. The van der Waals surface area contributed by atoms with E-state index in [2.05, 4.69) is 4.98 Å². The van der Waals surface area contributed by atoms with Gasteiger partial charge in [-0.25, -0.2) is 0 Å². The Morgan fingerprint density at radius 1 is 1.08 bits per heavy atom. The number of benzene rings is 2. The summed E-state index contributed by atoms with van der Waals surface area (Å²) >= 11 is 6.16. The fraction of sp³-hybridized carbons (Fsp3) is 0.148. The number of fused-ring (bicyclic) bond motifs is 1. The Balaban J connectivity index is 1.61. The quantitative estimate of drug-likeness (QED) is 0.342. The summed E-state index contributed by atoms with van der Waals surface area (Å²) in [6.45, 7) is 0.0779. The number of ether oxygens (including phenoxy) is 2. The second kappa shape index (κ2) is 9.39. The minimum Gasteiger partial charge on any atom is -0.503 e. The monoisotopic (exact) mass is 504 g/mol. The number of amides is 1. The molecule has 182 valence electrons. The number of carbonyl (C=O) groups excluding carboxylic acids is 2. The van der Waals surface area contributed by atoms with Crippen molar-refractivity contribution in [1.82, 2.24) is 9.88 Å². The molecule has 0 bridgehead atoms. The van der Waals surface area contributed by atoms with E-state index in [0.717, 1.165) is 0 Å². The number of hydrogen-bond acceptors (Lipinski definition) is 7. The molecule has 4 aromatic rings. The largest absolute Gasteiger partial charge is 0.503 e. The number of halogens is 1. The van der Waals surface area contributed by atoms with Crippen LogP contribution in [0.15, 0.2) is 82.6 Å². The summed E-state index contributed by atoms with van der Waals surface area (Å²) in [4.78, 5) is 32.8. The van der Waals surface area contributed by atoms with Crippen molar-refractivity contribution in [2.75, 3.05) is 14.2 Å². The Kier molecular flexibility index (Phi) is 6.12. The molecule has 3 heterocycles. The zero-order valence-corrected chi connectivity index (χ0v) is 20.2. The molecule has 0 radical (unpaired) electrons. The van der Waals surface area contributed by atoms with E-state index in [9.17, 15) is 14.7 Å². The number of aliphatic hydroxyl groups is 1. The normalized spacial score (nSPS) is 15.6. The molecule has 9 heteroatoms. The van der Waals surface area contributed by atoms with Crippen LogP contribution in [0.4, 0.5) is 0 Å². The van der Waals surface area contributed by atoms with Crippen molar-refractivity contribution in [2.24, 2.45) is 0 Å². The number of rotatable bonds is 7. The number of nitrogens with zero attached hydrogens (tertiary/aromatic N) is 2. The summed E-state index contributed by atoms with van der Waals surface area (Å²) in [7, 11) is 3.00. The minimum absolute atomic E-state index is 0.0695. The lowest BCUT2D eigenvalue weighted by atomic mass is 9.98. The highest BCUT2D eigenvalue weighted by molar-refractivity contribution is 6.31. The number of aliphatic hydroxyl groups excluding tert-OH is 1. The summed E-state index contributed by atoms with van der Waals surface area (Å²) < 4.78 is 16.6. The fourth-order valence-electron chi connectivity index (χ4n) is 4.39. The van der Waals surface area contributed by atoms with Crippen LogP contribution >= 0.6 is 11.6 Å². The third-order valence-electron chi connectivity index (χ3n) is 6.04. The van der Waals surface area contributed by atoms with Crippen LogP contribution in [-0.2, 0) is 11.3 Å². The van der Waals surface area contributed by atoms with Crippen LogP contribution in [-0.4, -0.2) is 40.9 Å². The Morgan fingerprint density at radius 2 is 1.83 bits per heavy atom. The topological polar surface area (TPSA) is 102 Å². The van der Waals surface area contributed by atoms with Gasteiger partial charge in [0.1, 0.15) is 11.8 Å². The fourth-order valence-corrected chi connectivity index (χ4v) is 4.61. The summed E-state index contributed by atoms with van der Waals surface area (Å²) in [6.07, 6.45) is 1.56. The van der Waals surface area contributed by atoms with E-state index in [1.807, 2.05) is 18.2 Å². The molecule has 0 aliphatic carbocycles. The van der Waals surface area contributed by atoms with Crippen molar-refractivity contribution in [3.8, 4) is 11.5 Å². The van der Waals surface area contributed by atoms with Crippen LogP contribution < -0.4 is 9.47 Å². The van der Waals surface area contributed by atoms with Crippen LogP contribution in [0.1, 0.15) is 27.9 Å². The lowest BCUT2D eigenvalue weighted by Crippen LogP contribution is -2.31. The first-order valence-corrected chi connectivity index (χ1v) is 11.4. The van der Waals surface area contributed by atoms with E-state index in [-0.39, 0.29) is 17.9 Å². The number of Topliss-reactive ketones (excluding diaryl/α,β-unsaturated/α-hetero) is 1. The van der Waals surface area contributed by atoms with Gasteiger partial charge in [0.05, 0.1) is 32.0 Å². The molecule has 1 amide bonds. The zero-order valence-electron chi connectivity index (χ0n) is 19.4. The summed E-state index contributed by atoms with van der Waals surface area (Å²) in [5.41, 5.74) is 1.33. The molecule has 0 spiro atoms. The first kappa shape index (κ1) is 23.4. The van der Waals surface area contributed by atoms with Crippen molar-refractivity contribution in [3.63, 3.8) is 0 Å². The van der Waals surface area contributed by atoms with Crippen molar-refractivity contribution >= 4 is 34.3 Å². The third kappa shape index (κ3) is 3.95. The molecular weight excluding hydrogens is 484 g/mol. The molecule has 36 heavy (non-hydrogen) atoms. The summed E-state index contributed by atoms with van der Waals surface area (Å²) in [5.74, 6) is -1.14. The number of aromatic nitrogens is 1. The Bertz CT molecular complexity index is 1510. The van der Waals surface area contributed by atoms with Crippen LogP contribution in [0, 0.1) is 0 Å². The smallest absolute Gasteiger partial charge is 0.290 e. The Labute approximate surface area is 211 Å². The van der Waals surface area contributed by atoms with Gasteiger partial charge in [-0.15, -0.1) is 0 Å². The molecule has 2 aromatic heterocycles. The molecule has 1 aliphatic rings. The van der Waals surface area contributed by atoms with Gasteiger partial charge >= 0.3 is 0 Å². The summed E-state index contributed by atoms with van der Waals surface area (Å²) in [6, 6.07) is 16.2. The van der Waals surface area contributed by atoms with Gasteiger partial charge in [0.25, 0.3) is 5.91 Å². The maximum absolute atomic E-state index is 13.7. The van der Waals surface area contributed by atoms with Crippen LogP contribution in [0.2, 0.25) is 5.02 Å². The van der Waals surface area contributed by atoms with Gasteiger partial charge in [-0.1, -0.05) is 35.9 Å². The molecule has 0 fully saturated rings. The number of para-hydroxylation sites is 1. The number of ketones is 1. The van der Waals surface area contributed by atoms with E-state index >= 15 is 0 Å². The average Bonchev–Trinajstić information content (AvgIpc) is 3.43. The van der Waals surface area contributed by atoms with Gasteiger partial charge in [-0.05, 0) is 30.3 Å². The molecule has 1 aliphatic heterocycles. The van der Waals surface area contributed by atoms with Crippen LogP contribution in [0.5, 0.6) is 11.5 Å². The van der Waals surface area contributed by atoms with Gasteiger partial charge in [0.2, 0.25) is 5.78 Å². The number of hydrogen-bond donors (Lipinski definition) is 1. The highest BCUT2D eigenvalue weighted by Gasteiger charge is 2.45. The van der Waals surface area contributed by atoms with Crippen molar-refractivity contribution in [1.29, 1.82) is 0 Å². The van der Waals surface area contributed by atoms with Gasteiger partial charge in [0.15, 0.2) is 22.9 Å². The maximum atomic E-state index is 13.7. The lowest BCUT2D eigenvalue weighted by molar-refractivity contribution is -0.130. The first-order valence-electron chi connectivity index (χ1n) is 11.0. The zero-order chi connectivity index (χ0) is 25.4. The number of furan rings is 1. The standard InChI is InChI=1S/C27H21ClN2O6/c1-34-19-9-4-3-7-15(19)14-30-23(18-8-5-6-10-29-18)22(25(32)27(30)33)24(31)20-12-16-11-17(28)13-21(35-2)26(16)36-20/h3-13,23,32H,14H2,1-2H3. The van der Waals surface area contributed by atoms with Gasteiger partial charge in [-0.2, -0.15) is 0 Å². The van der Waals surface area contributed by atoms with Crippen molar-refractivity contribution in [2.45, 2.75) is 12.6 Å². The Morgan fingerprint density at radius 3 is 2.56 bits per heavy atom. The molecule has 2 aromatic carbocycles. The van der Waals surface area contributed by atoms with Crippen molar-refractivity contribution < 1.29 is 28.6 Å². The van der Waals surface area contributed by atoms with Gasteiger partial charge in [-0.3, -0.25) is 14.6 Å². The lowest BCUT2D eigenvalue weighted by Gasteiger charge is -2.26. The third-order valence-corrected chi connectivity index (χ3v) is 6.26. The number of methoxy groups -OCH3 is 2. The molecule has 1 atom stereocenters. The van der Waals surface area contributed by atoms with Crippen LogP contribution in [0.3, 0.4) is 0 Å². The maximum Gasteiger partial charge on any atom is 0.290 e. The molecule has 8 nitrogen and oxygen atoms in total. The average molecular weight is 505 g/mol. The summed E-state index contributed by atoms with van der Waals surface area (Å²) in [5, 5.41) is 11.9. The highest BCUT2D eigenvalue weighted by atomic mass is 35.5. The molecule has 1 N–H and O–H groups in total. The molecule has 5 rings (SSSR count). The minimum atomic E-state index is -0.949. The van der Waals surface area contributed by atoms with E-state index in [0.29, 0.717) is 38.7 Å². The molecular formula is C27H21ClN2O6. The van der Waals surface area contributed by atoms with E-state index in [1.54, 1.807) is 42.6 Å². The van der Waals surface area contributed by atoms with Crippen LogP contribution in [0.25, 0.3) is 11.0 Å². The molecule has 1 unspecified atom stereocenters. The highest BCUT2D eigenvalue weighted by Crippen LogP contribution is 2.41. The number of pyridine rings is 1. The molecule has 0 saturated heterocycles. The predicted octanol–water partition coefficient (Wildman–Crippen LogP) is 5.28. The van der Waals surface area contributed by atoms with E-state index in [1.165, 1.54) is 25.2 Å². The van der Waals surface area contributed by atoms with E-state index in [4.69, 9.17) is 25.5 Å². The van der Waals surface area contributed by atoms with Gasteiger partial charge in [0, 0.05) is 28.2 Å². The van der Waals surface area contributed by atoms with Gasteiger partial charge < -0.3 is 23.9 Å². The van der Waals surface area contributed by atoms with E-state index < -0.39 is 23.5 Å². The first-order chi connectivity index (χ1) is 17.4. The molecule has 0 saturated carbocycles. The SMILES string of the molecule is COc1ccccc1CN1C(=O)C(O)=C(C(=O)c2cc3cc(Cl)cc(OC)c3o2)C1c1ccccn1. The second-order valence-electron chi connectivity index (χ2n) is 8.13. The predicted molar refractivity (Wildman–Crippen MR) is 132 cm³/mol. The Hall–Kier alpha value is -4.30. The number of carbonyl (C=O) groups is 2. The van der Waals surface area contributed by atoms with Crippen molar-refractivity contribution in [3.05, 3.63) is 100 Å².